The summed E-state index contributed by atoms with van der Waals surface area (Å²) in [6.07, 6.45) is 6.83. The van der Waals surface area contributed by atoms with Gasteiger partial charge in [-0.3, -0.25) is 4.79 Å². The minimum atomic E-state index is -0.511. The van der Waals surface area contributed by atoms with Crippen molar-refractivity contribution in [2.75, 3.05) is 6.79 Å². The second-order valence-corrected chi connectivity index (χ2v) is 7.07. The molecule has 0 aromatic heterocycles. The van der Waals surface area contributed by atoms with Gasteiger partial charge < -0.3 is 9.47 Å². The standard InChI is InChI=1S/C19H17ClO3/c20-18-16-13-8-15-14(22-9-23-15)7-12(13)10-5-3-1-2-4-6-11(10)17(16)19(18)21/h7-8,18H,1-6,9H2. The lowest BCUT2D eigenvalue weighted by Crippen LogP contribution is -2.26. The Morgan fingerprint density at radius 3 is 2.30 bits per heavy atom. The van der Waals surface area contributed by atoms with E-state index in [4.69, 9.17) is 21.1 Å². The molecule has 2 aromatic rings. The SMILES string of the molecule is O=C1c2c3c(c4cc5c(cc4c2C1Cl)OCO5)CCCCCC3. The highest BCUT2D eigenvalue weighted by Crippen LogP contribution is 2.50. The predicted molar refractivity (Wildman–Crippen MR) is 88.9 cm³/mol. The first-order chi connectivity index (χ1) is 11.3. The van der Waals surface area contributed by atoms with Crippen LogP contribution in [0.15, 0.2) is 12.1 Å². The number of ether oxygens (including phenoxy) is 2. The third-order valence-corrected chi connectivity index (χ3v) is 5.81. The highest BCUT2D eigenvalue weighted by molar-refractivity contribution is 6.40. The van der Waals surface area contributed by atoms with Crippen LogP contribution in [0.25, 0.3) is 10.8 Å². The zero-order valence-electron chi connectivity index (χ0n) is 12.8. The Morgan fingerprint density at radius 1 is 0.913 bits per heavy atom. The number of alkyl halides is 1. The van der Waals surface area contributed by atoms with Crippen LogP contribution >= 0.6 is 11.6 Å². The van der Waals surface area contributed by atoms with E-state index in [1.165, 1.54) is 35.8 Å². The topological polar surface area (TPSA) is 35.5 Å². The second kappa shape index (κ2) is 4.88. The first kappa shape index (κ1) is 13.7. The van der Waals surface area contributed by atoms with Crippen molar-refractivity contribution in [1.82, 2.24) is 0 Å². The third-order valence-electron chi connectivity index (χ3n) is 5.40. The predicted octanol–water partition coefficient (Wildman–Crippen LogP) is 4.70. The van der Waals surface area contributed by atoms with Gasteiger partial charge in [-0.2, -0.15) is 0 Å². The van der Waals surface area contributed by atoms with E-state index in [1.54, 1.807) is 0 Å². The monoisotopic (exact) mass is 328 g/mol. The van der Waals surface area contributed by atoms with Crippen molar-refractivity contribution in [3.63, 3.8) is 0 Å². The van der Waals surface area contributed by atoms with Crippen molar-refractivity contribution >= 4 is 28.2 Å². The van der Waals surface area contributed by atoms with E-state index >= 15 is 0 Å². The second-order valence-electron chi connectivity index (χ2n) is 6.64. The fourth-order valence-electron chi connectivity index (χ4n) is 4.27. The summed E-state index contributed by atoms with van der Waals surface area (Å²) in [7, 11) is 0. The smallest absolute Gasteiger partial charge is 0.231 e. The molecule has 0 N–H and O–H groups in total. The van der Waals surface area contributed by atoms with Gasteiger partial charge in [0.1, 0.15) is 5.38 Å². The zero-order valence-corrected chi connectivity index (χ0v) is 13.5. The van der Waals surface area contributed by atoms with E-state index in [1.807, 2.05) is 6.07 Å². The molecule has 0 bridgehead atoms. The zero-order chi connectivity index (χ0) is 15.6. The first-order valence-corrected chi connectivity index (χ1v) is 8.78. The van der Waals surface area contributed by atoms with Gasteiger partial charge in [0.25, 0.3) is 0 Å². The van der Waals surface area contributed by atoms with E-state index < -0.39 is 5.38 Å². The lowest BCUT2D eigenvalue weighted by molar-refractivity contribution is 0.0960. The third kappa shape index (κ3) is 1.80. The van der Waals surface area contributed by atoms with Crippen LogP contribution in [0.5, 0.6) is 11.5 Å². The van der Waals surface area contributed by atoms with Crippen LogP contribution in [0.2, 0.25) is 0 Å². The fraction of sp³-hybridized carbons (Fsp3) is 0.421. The highest BCUT2D eigenvalue weighted by atomic mass is 35.5. The number of hydrogen-bond acceptors (Lipinski definition) is 3. The van der Waals surface area contributed by atoms with Gasteiger partial charge >= 0.3 is 0 Å². The molecule has 0 amide bonds. The molecule has 3 aliphatic rings. The number of hydrogen-bond donors (Lipinski definition) is 0. The fourth-order valence-corrected chi connectivity index (χ4v) is 4.60. The van der Waals surface area contributed by atoms with Gasteiger partial charge in [0, 0.05) is 5.56 Å². The summed E-state index contributed by atoms with van der Waals surface area (Å²) in [6, 6.07) is 4.10. The Hall–Kier alpha value is -1.74. The van der Waals surface area contributed by atoms with Gasteiger partial charge in [-0.25, -0.2) is 0 Å². The molecular weight excluding hydrogens is 312 g/mol. The summed E-state index contributed by atoms with van der Waals surface area (Å²) in [6.45, 7) is 0.263. The number of carbonyl (C=O) groups is 1. The van der Waals surface area contributed by atoms with Crippen LogP contribution < -0.4 is 9.47 Å². The van der Waals surface area contributed by atoms with Gasteiger partial charge in [-0.15, -0.1) is 11.6 Å². The molecule has 4 heteroatoms. The Balaban J connectivity index is 1.87. The van der Waals surface area contributed by atoms with E-state index in [-0.39, 0.29) is 12.6 Å². The molecule has 1 unspecified atom stereocenters. The lowest BCUT2D eigenvalue weighted by Gasteiger charge is -2.31. The molecule has 5 rings (SSSR count). The molecular formula is C19H17ClO3. The van der Waals surface area contributed by atoms with Crippen molar-refractivity contribution in [3.8, 4) is 11.5 Å². The number of fused-ring (bicyclic) bond motifs is 7. The van der Waals surface area contributed by atoms with E-state index in [0.29, 0.717) is 0 Å². The normalized spacial score (nSPS) is 22.1. The maximum atomic E-state index is 12.4. The van der Waals surface area contributed by atoms with Crippen LogP contribution in [0, 0.1) is 0 Å². The van der Waals surface area contributed by atoms with Crippen molar-refractivity contribution in [1.29, 1.82) is 0 Å². The maximum Gasteiger partial charge on any atom is 0.231 e. The Bertz CT molecular complexity index is 856. The molecule has 3 nitrogen and oxygen atoms in total. The summed E-state index contributed by atoms with van der Waals surface area (Å²) in [5.74, 6) is 1.66. The molecule has 2 aliphatic carbocycles. The summed E-state index contributed by atoms with van der Waals surface area (Å²) >= 11 is 6.35. The van der Waals surface area contributed by atoms with Crippen LogP contribution in [0.1, 0.15) is 58.1 Å². The number of rotatable bonds is 0. The van der Waals surface area contributed by atoms with Gasteiger partial charge in [0.15, 0.2) is 17.3 Å². The van der Waals surface area contributed by atoms with E-state index in [9.17, 15) is 4.79 Å². The number of aryl methyl sites for hydroxylation is 1. The number of carbonyl (C=O) groups excluding carboxylic acids is 1. The molecule has 1 heterocycles. The highest BCUT2D eigenvalue weighted by Gasteiger charge is 2.40. The Labute approximate surface area is 139 Å². The largest absolute Gasteiger partial charge is 0.454 e. The van der Waals surface area contributed by atoms with Gasteiger partial charge in [0.05, 0.1) is 0 Å². The Kier molecular flexibility index (Phi) is 2.90. The van der Waals surface area contributed by atoms with Crippen LogP contribution in [0.4, 0.5) is 0 Å². The van der Waals surface area contributed by atoms with Crippen LogP contribution in [0.3, 0.4) is 0 Å². The van der Waals surface area contributed by atoms with Gasteiger partial charge in [0.2, 0.25) is 6.79 Å². The molecule has 0 radical (unpaired) electrons. The quantitative estimate of drug-likeness (QED) is 0.657. The molecule has 23 heavy (non-hydrogen) atoms. The molecule has 118 valence electrons. The Morgan fingerprint density at radius 2 is 1.57 bits per heavy atom. The number of Topliss-reactive ketones (excluding diaryl/α,β-unsaturated/α-hetero) is 1. The molecule has 1 aliphatic heterocycles. The molecule has 2 aromatic carbocycles. The van der Waals surface area contributed by atoms with E-state index in [0.717, 1.165) is 47.3 Å². The summed E-state index contributed by atoms with van der Waals surface area (Å²) in [5, 5.41) is 1.76. The van der Waals surface area contributed by atoms with Crippen molar-refractivity contribution in [3.05, 3.63) is 34.4 Å². The summed E-state index contributed by atoms with van der Waals surface area (Å²) < 4.78 is 11.1. The number of halogens is 1. The average molecular weight is 329 g/mol. The van der Waals surface area contributed by atoms with Crippen molar-refractivity contribution in [2.45, 2.75) is 43.9 Å². The molecule has 0 fully saturated rings. The molecule has 1 atom stereocenters. The molecule has 0 saturated carbocycles. The van der Waals surface area contributed by atoms with Gasteiger partial charge in [-0.05, 0) is 65.3 Å². The van der Waals surface area contributed by atoms with Crippen molar-refractivity contribution in [2.24, 2.45) is 0 Å². The lowest BCUT2D eigenvalue weighted by atomic mass is 9.74. The minimum Gasteiger partial charge on any atom is -0.454 e. The maximum absolute atomic E-state index is 12.4. The summed E-state index contributed by atoms with van der Waals surface area (Å²) in [5.41, 5.74) is 4.47. The minimum absolute atomic E-state index is 0.0954. The number of ketones is 1. The van der Waals surface area contributed by atoms with Crippen molar-refractivity contribution < 1.29 is 14.3 Å². The van der Waals surface area contributed by atoms with Crippen LogP contribution in [-0.4, -0.2) is 12.6 Å². The molecule has 0 saturated heterocycles. The first-order valence-electron chi connectivity index (χ1n) is 8.35. The summed E-state index contributed by atoms with van der Waals surface area (Å²) in [4.78, 5) is 12.4. The number of benzene rings is 2. The van der Waals surface area contributed by atoms with Crippen LogP contribution in [-0.2, 0) is 12.8 Å². The van der Waals surface area contributed by atoms with Gasteiger partial charge in [-0.1, -0.05) is 12.8 Å². The average Bonchev–Trinajstić information content (AvgIpc) is 2.99. The molecule has 0 spiro atoms. The van der Waals surface area contributed by atoms with E-state index in [2.05, 4.69) is 6.07 Å².